The van der Waals surface area contributed by atoms with Crippen molar-refractivity contribution < 1.29 is 0 Å². The quantitative estimate of drug-likeness (QED) is 0.698. The summed E-state index contributed by atoms with van der Waals surface area (Å²) >= 11 is 0. The van der Waals surface area contributed by atoms with E-state index >= 15 is 0 Å². The highest BCUT2D eigenvalue weighted by molar-refractivity contribution is 5.77. The molecule has 0 bridgehead atoms. The molecule has 0 unspecified atom stereocenters. The van der Waals surface area contributed by atoms with Gasteiger partial charge in [-0.05, 0) is 55.2 Å². The van der Waals surface area contributed by atoms with Gasteiger partial charge in [0.25, 0.3) is 0 Å². The zero-order valence-corrected chi connectivity index (χ0v) is 10.8. The van der Waals surface area contributed by atoms with Crippen LogP contribution in [0.15, 0.2) is 48.7 Å². The molecule has 2 rings (SSSR count). The van der Waals surface area contributed by atoms with Crippen LogP contribution in [0.5, 0.6) is 0 Å². The van der Waals surface area contributed by atoms with Gasteiger partial charge in [-0.25, -0.2) is 0 Å². The summed E-state index contributed by atoms with van der Waals surface area (Å²) in [5.41, 5.74) is 6.99. The number of hydrogen-bond acceptors (Lipinski definition) is 1. The molecule has 1 aliphatic carbocycles. The molecule has 0 fully saturated rings. The van der Waals surface area contributed by atoms with Gasteiger partial charge in [0.05, 0.1) is 0 Å². The molecule has 0 radical (unpaired) electrons. The maximum absolute atomic E-state index is 3.69. The summed E-state index contributed by atoms with van der Waals surface area (Å²) in [5.74, 6) is 0. The molecule has 1 heteroatoms. The molecule has 0 atom stereocenters. The summed E-state index contributed by atoms with van der Waals surface area (Å²) in [6.07, 6.45) is 6.86. The minimum Gasteiger partial charge on any atom is -0.351 e. The molecular weight excluding hydrogens is 206 g/mol. The molecule has 17 heavy (non-hydrogen) atoms. The molecule has 0 spiro atoms. The first kappa shape index (κ1) is 11.7. The highest BCUT2D eigenvalue weighted by atomic mass is 15.1. The second-order valence-electron chi connectivity index (χ2n) is 4.61. The fourth-order valence-electron chi connectivity index (χ4n) is 2.21. The molecule has 1 nitrogen and oxygen atoms in total. The van der Waals surface area contributed by atoms with Crippen LogP contribution in [0, 0.1) is 0 Å². The Morgan fingerprint density at radius 1 is 1.29 bits per heavy atom. The Labute approximate surface area is 104 Å². The smallest absolute Gasteiger partial charge is 0.0409 e. The third-order valence-corrected chi connectivity index (χ3v) is 3.45. The number of hydrogen-bond donors (Lipinski definition) is 0. The molecule has 0 saturated heterocycles. The normalized spacial score (nSPS) is 14.3. The first-order valence-electron chi connectivity index (χ1n) is 5.95. The Hall–Kier alpha value is -1.76. The van der Waals surface area contributed by atoms with Crippen molar-refractivity contribution in [3.05, 3.63) is 59.8 Å². The zero-order valence-electron chi connectivity index (χ0n) is 10.8. The van der Waals surface area contributed by atoms with Gasteiger partial charge in [-0.3, -0.25) is 0 Å². The Bertz CT molecular complexity index is 506. The summed E-state index contributed by atoms with van der Waals surface area (Å²) in [5, 5.41) is 0. The van der Waals surface area contributed by atoms with Gasteiger partial charge in [-0.1, -0.05) is 24.3 Å². The summed E-state index contributed by atoms with van der Waals surface area (Å²) in [6, 6.07) is 6.69. The van der Waals surface area contributed by atoms with Crippen LogP contribution in [0.25, 0.3) is 5.57 Å². The average Bonchev–Trinajstić information content (AvgIpc) is 2.62. The molecule has 0 N–H and O–H groups in total. The van der Waals surface area contributed by atoms with Gasteiger partial charge >= 0.3 is 0 Å². The van der Waals surface area contributed by atoms with Crippen LogP contribution in [0.4, 0.5) is 5.69 Å². The molecule has 88 valence electrons. The average molecular weight is 225 g/mol. The number of allylic oxidation sites excluding steroid dienone is 4. The van der Waals surface area contributed by atoms with Crippen LogP contribution in [0.3, 0.4) is 0 Å². The van der Waals surface area contributed by atoms with E-state index < -0.39 is 0 Å². The minimum atomic E-state index is 1.10. The fourth-order valence-corrected chi connectivity index (χ4v) is 2.21. The Kier molecular flexibility index (Phi) is 3.19. The van der Waals surface area contributed by atoms with Gasteiger partial charge in [0, 0.05) is 18.9 Å². The van der Waals surface area contributed by atoms with Gasteiger partial charge in [0.2, 0.25) is 0 Å². The molecule has 0 saturated carbocycles. The van der Waals surface area contributed by atoms with Gasteiger partial charge < -0.3 is 4.90 Å². The fraction of sp³-hybridized carbons (Fsp3) is 0.250. The largest absolute Gasteiger partial charge is 0.351 e. The number of rotatable bonds is 3. The van der Waals surface area contributed by atoms with E-state index in [2.05, 4.69) is 50.6 Å². The molecule has 1 aromatic rings. The van der Waals surface area contributed by atoms with Crippen molar-refractivity contribution in [3.8, 4) is 0 Å². The molecular formula is C16H19N. The highest BCUT2D eigenvalue weighted by Gasteiger charge is 2.15. The Balaban J connectivity index is 2.34. The van der Waals surface area contributed by atoms with Crippen LogP contribution in [-0.4, -0.2) is 7.05 Å². The monoisotopic (exact) mass is 225 g/mol. The Morgan fingerprint density at radius 2 is 2.06 bits per heavy atom. The van der Waals surface area contributed by atoms with Gasteiger partial charge in [0.1, 0.15) is 0 Å². The van der Waals surface area contributed by atoms with Crippen molar-refractivity contribution >= 4 is 11.3 Å². The molecule has 0 aliphatic heterocycles. The zero-order chi connectivity index (χ0) is 12.4. The second-order valence-corrected chi connectivity index (χ2v) is 4.61. The summed E-state index contributed by atoms with van der Waals surface area (Å²) in [6.45, 7) is 8.12. The third-order valence-electron chi connectivity index (χ3n) is 3.45. The highest BCUT2D eigenvalue weighted by Crippen LogP contribution is 2.34. The lowest BCUT2D eigenvalue weighted by atomic mass is 10.1. The first-order valence-corrected chi connectivity index (χ1v) is 5.95. The molecule has 0 amide bonds. The predicted molar refractivity (Wildman–Crippen MR) is 76.2 cm³/mol. The van der Waals surface area contributed by atoms with E-state index in [1.807, 2.05) is 12.3 Å². The first-order chi connectivity index (χ1) is 8.13. The summed E-state index contributed by atoms with van der Waals surface area (Å²) < 4.78 is 0. The molecule has 1 aliphatic rings. The van der Waals surface area contributed by atoms with Gasteiger partial charge in [0.15, 0.2) is 0 Å². The lowest BCUT2D eigenvalue weighted by Gasteiger charge is -2.15. The van der Waals surface area contributed by atoms with E-state index in [0.717, 1.165) is 6.42 Å². The van der Waals surface area contributed by atoms with Crippen molar-refractivity contribution in [1.82, 2.24) is 0 Å². The third kappa shape index (κ3) is 2.19. The van der Waals surface area contributed by atoms with Crippen molar-refractivity contribution in [2.75, 3.05) is 11.9 Å². The van der Waals surface area contributed by atoms with Crippen LogP contribution in [0.1, 0.15) is 25.0 Å². The van der Waals surface area contributed by atoms with Crippen LogP contribution in [0.2, 0.25) is 0 Å². The van der Waals surface area contributed by atoms with Gasteiger partial charge in [-0.15, -0.1) is 0 Å². The SMILES string of the molecule is C=CC=CN(C)c1ccc2c(c1)C(C)=C(C)C2. The number of fused-ring (bicyclic) bond motifs is 1. The standard InChI is InChI=1S/C16H19N/c1-5-6-9-17(4)15-8-7-14-10-12(2)13(3)16(14)11-15/h5-9,11H,1,10H2,2-4H3. The number of nitrogens with zero attached hydrogens (tertiary/aromatic N) is 1. The minimum absolute atomic E-state index is 1.10. The van der Waals surface area contributed by atoms with E-state index in [1.165, 1.54) is 28.0 Å². The number of anilines is 1. The van der Waals surface area contributed by atoms with Crippen LogP contribution < -0.4 is 4.90 Å². The summed E-state index contributed by atoms with van der Waals surface area (Å²) in [4.78, 5) is 2.11. The van der Waals surface area contributed by atoms with E-state index in [4.69, 9.17) is 0 Å². The van der Waals surface area contributed by atoms with Crippen LogP contribution in [-0.2, 0) is 6.42 Å². The maximum Gasteiger partial charge on any atom is 0.0409 e. The van der Waals surface area contributed by atoms with E-state index in [-0.39, 0.29) is 0 Å². The lowest BCUT2D eigenvalue weighted by molar-refractivity contribution is 1.17. The van der Waals surface area contributed by atoms with Crippen molar-refractivity contribution in [2.45, 2.75) is 20.3 Å². The van der Waals surface area contributed by atoms with Gasteiger partial charge in [-0.2, -0.15) is 0 Å². The predicted octanol–water partition coefficient (Wildman–Crippen LogP) is 4.17. The maximum atomic E-state index is 3.69. The summed E-state index contributed by atoms with van der Waals surface area (Å²) in [7, 11) is 2.06. The van der Waals surface area contributed by atoms with E-state index in [9.17, 15) is 0 Å². The lowest BCUT2D eigenvalue weighted by Crippen LogP contribution is -2.07. The van der Waals surface area contributed by atoms with E-state index in [0.29, 0.717) is 0 Å². The topological polar surface area (TPSA) is 3.24 Å². The second kappa shape index (κ2) is 4.62. The number of benzene rings is 1. The van der Waals surface area contributed by atoms with Crippen molar-refractivity contribution in [3.63, 3.8) is 0 Å². The van der Waals surface area contributed by atoms with E-state index in [1.54, 1.807) is 6.08 Å². The Morgan fingerprint density at radius 3 is 2.76 bits per heavy atom. The molecule has 0 aromatic heterocycles. The molecule has 1 aromatic carbocycles. The molecule has 0 heterocycles. The van der Waals surface area contributed by atoms with Crippen molar-refractivity contribution in [1.29, 1.82) is 0 Å². The van der Waals surface area contributed by atoms with Crippen LogP contribution >= 0.6 is 0 Å². The van der Waals surface area contributed by atoms with Crippen molar-refractivity contribution in [2.24, 2.45) is 0 Å².